The topological polar surface area (TPSA) is 17.8 Å². The van der Waals surface area contributed by atoms with Gasteiger partial charge in [0.05, 0.1) is 15.9 Å². The summed E-state index contributed by atoms with van der Waals surface area (Å²) >= 11 is 5.43. The van der Waals surface area contributed by atoms with E-state index in [4.69, 9.17) is 0 Å². The van der Waals surface area contributed by atoms with E-state index in [1.165, 1.54) is 16.2 Å². The van der Waals surface area contributed by atoms with Gasteiger partial charge in [-0.05, 0) is 41.9 Å². The van der Waals surface area contributed by atoms with Crippen molar-refractivity contribution >= 4 is 27.7 Å². The summed E-state index contributed by atoms with van der Waals surface area (Å²) in [5.41, 5.74) is 3.58. The van der Waals surface area contributed by atoms with Crippen LogP contribution in [0, 0.1) is 13.8 Å². The number of thioether (sulfide) groups is 1. The Morgan fingerprint density at radius 3 is 2.71 bits per heavy atom. The van der Waals surface area contributed by atoms with Gasteiger partial charge in [-0.1, -0.05) is 17.7 Å². The Kier molecular flexibility index (Phi) is 3.94. The summed E-state index contributed by atoms with van der Waals surface area (Å²) in [6, 6.07) is 8.58. The molecule has 0 radical (unpaired) electrons. The van der Waals surface area contributed by atoms with Crippen LogP contribution in [0.1, 0.15) is 17.0 Å². The molecule has 2 rings (SSSR count). The molecule has 1 aromatic carbocycles. The molecule has 2 nitrogen and oxygen atoms in total. The Morgan fingerprint density at radius 1 is 1.35 bits per heavy atom. The van der Waals surface area contributed by atoms with Crippen molar-refractivity contribution in [2.24, 2.45) is 7.05 Å². The maximum atomic E-state index is 4.40. The van der Waals surface area contributed by atoms with E-state index < -0.39 is 0 Å². The fourth-order valence-electron chi connectivity index (χ4n) is 1.69. The van der Waals surface area contributed by atoms with Gasteiger partial charge < -0.3 is 0 Å². The van der Waals surface area contributed by atoms with Crippen molar-refractivity contribution in [3.63, 3.8) is 0 Å². The number of halogens is 1. The third kappa shape index (κ3) is 2.93. The zero-order valence-electron chi connectivity index (χ0n) is 10.2. The molecule has 17 heavy (non-hydrogen) atoms. The molecule has 2 aromatic rings. The summed E-state index contributed by atoms with van der Waals surface area (Å²) in [7, 11) is 1.99. The van der Waals surface area contributed by atoms with Crippen molar-refractivity contribution in [1.29, 1.82) is 0 Å². The monoisotopic (exact) mass is 310 g/mol. The number of rotatable bonds is 3. The molecule has 0 fully saturated rings. The third-order valence-electron chi connectivity index (χ3n) is 2.63. The lowest BCUT2D eigenvalue weighted by Gasteiger charge is -2.04. The predicted octanol–water partition coefficient (Wildman–Crippen LogP) is 4.09. The lowest BCUT2D eigenvalue weighted by atomic mass is 10.2. The molecule has 0 bridgehead atoms. The van der Waals surface area contributed by atoms with Gasteiger partial charge >= 0.3 is 0 Å². The lowest BCUT2D eigenvalue weighted by molar-refractivity contribution is 0.727. The summed E-state index contributed by atoms with van der Waals surface area (Å²) < 4.78 is 3.07. The predicted molar refractivity (Wildman–Crippen MR) is 76.4 cm³/mol. The minimum absolute atomic E-state index is 0.932. The van der Waals surface area contributed by atoms with Gasteiger partial charge in [0.15, 0.2) is 0 Å². The molecule has 1 aromatic heterocycles. The van der Waals surface area contributed by atoms with Crippen molar-refractivity contribution < 1.29 is 0 Å². The molecule has 0 saturated carbocycles. The molecule has 0 spiro atoms. The highest BCUT2D eigenvalue weighted by Crippen LogP contribution is 2.28. The standard InChI is InChI=1S/C13H15BrN2S/c1-9-5-4-6-11(7-9)17-8-12-13(14)10(2)15-16(12)3/h4-7H,8H2,1-3H3. The number of hydrogen-bond donors (Lipinski definition) is 0. The van der Waals surface area contributed by atoms with Crippen molar-refractivity contribution in [3.8, 4) is 0 Å². The largest absolute Gasteiger partial charge is 0.270 e. The average Bonchev–Trinajstić information content (AvgIpc) is 2.51. The van der Waals surface area contributed by atoms with E-state index in [1.54, 1.807) is 0 Å². The minimum atomic E-state index is 0.932. The van der Waals surface area contributed by atoms with E-state index in [0.29, 0.717) is 0 Å². The molecule has 0 amide bonds. The van der Waals surface area contributed by atoms with Crippen LogP contribution in [-0.4, -0.2) is 9.78 Å². The number of hydrogen-bond acceptors (Lipinski definition) is 2. The van der Waals surface area contributed by atoms with Crippen LogP contribution in [0.3, 0.4) is 0 Å². The van der Waals surface area contributed by atoms with Crippen molar-refractivity contribution in [2.45, 2.75) is 24.5 Å². The Balaban J connectivity index is 2.12. The molecule has 0 N–H and O–H groups in total. The smallest absolute Gasteiger partial charge is 0.0738 e. The highest BCUT2D eigenvalue weighted by atomic mass is 79.9. The minimum Gasteiger partial charge on any atom is -0.270 e. The Labute approximate surface area is 115 Å². The van der Waals surface area contributed by atoms with Crippen LogP contribution >= 0.6 is 27.7 Å². The molecule has 0 aliphatic rings. The van der Waals surface area contributed by atoms with E-state index in [-0.39, 0.29) is 0 Å². The van der Waals surface area contributed by atoms with E-state index in [9.17, 15) is 0 Å². The van der Waals surface area contributed by atoms with Crippen LogP contribution in [0.2, 0.25) is 0 Å². The first-order valence-corrected chi connectivity index (χ1v) is 7.23. The molecule has 0 saturated heterocycles. The average molecular weight is 311 g/mol. The molecular weight excluding hydrogens is 296 g/mol. The summed E-state index contributed by atoms with van der Waals surface area (Å²) in [5.74, 6) is 0.932. The number of aromatic nitrogens is 2. The maximum Gasteiger partial charge on any atom is 0.0738 e. The van der Waals surface area contributed by atoms with E-state index in [1.807, 2.05) is 30.4 Å². The van der Waals surface area contributed by atoms with Crippen LogP contribution in [0.25, 0.3) is 0 Å². The van der Waals surface area contributed by atoms with Gasteiger partial charge in [-0.3, -0.25) is 4.68 Å². The van der Waals surface area contributed by atoms with Crippen molar-refractivity contribution in [2.75, 3.05) is 0 Å². The Bertz CT molecular complexity index is 534. The van der Waals surface area contributed by atoms with E-state index >= 15 is 0 Å². The lowest BCUT2D eigenvalue weighted by Crippen LogP contribution is -1.96. The summed E-state index contributed by atoms with van der Waals surface area (Å²) in [6.45, 7) is 4.14. The first-order chi connectivity index (χ1) is 8.08. The Morgan fingerprint density at radius 2 is 2.12 bits per heavy atom. The zero-order valence-corrected chi connectivity index (χ0v) is 12.6. The van der Waals surface area contributed by atoms with Gasteiger partial charge in [0.1, 0.15) is 0 Å². The SMILES string of the molecule is Cc1cccc(SCc2c(Br)c(C)nn2C)c1. The highest BCUT2D eigenvalue weighted by molar-refractivity contribution is 9.10. The molecule has 0 aliphatic heterocycles. The van der Waals surface area contributed by atoms with Gasteiger partial charge in [-0.25, -0.2) is 0 Å². The van der Waals surface area contributed by atoms with Gasteiger partial charge in [-0.2, -0.15) is 5.10 Å². The second-order valence-corrected chi connectivity index (χ2v) is 5.92. The van der Waals surface area contributed by atoms with Crippen LogP contribution < -0.4 is 0 Å². The number of aryl methyl sites for hydroxylation is 3. The maximum absolute atomic E-state index is 4.40. The summed E-state index contributed by atoms with van der Waals surface area (Å²) in [5, 5.41) is 4.40. The third-order valence-corrected chi connectivity index (χ3v) is 4.66. The first-order valence-electron chi connectivity index (χ1n) is 5.45. The summed E-state index contributed by atoms with van der Waals surface area (Å²) in [4.78, 5) is 1.30. The molecule has 4 heteroatoms. The summed E-state index contributed by atoms with van der Waals surface area (Å²) in [6.07, 6.45) is 0. The first kappa shape index (κ1) is 12.7. The number of nitrogens with zero attached hydrogens (tertiary/aromatic N) is 2. The van der Waals surface area contributed by atoms with E-state index in [2.05, 4.69) is 52.2 Å². The van der Waals surface area contributed by atoms with Gasteiger partial charge in [-0.15, -0.1) is 11.8 Å². The van der Waals surface area contributed by atoms with Gasteiger partial charge in [0, 0.05) is 17.7 Å². The normalized spacial score (nSPS) is 10.8. The van der Waals surface area contributed by atoms with Crippen molar-refractivity contribution in [3.05, 3.63) is 45.7 Å². The molecule has 1 heterocycles. The zero-order chi connectivity index (χ0) is 12.4. The van der Waals surface area contributed by atoms with Crippen LogP contribution in [-0.2, 0) is 12.8 Å². The molecule has 0 aliphatic carbocycles. The van der Waals surface area contributed by atoms with Crippen molar-refractivity contribution in [1.82, 2.24) is 9.78 Å². The van der Waals surface area contributed by atoms with Gasteiger partial charge in [0.2, 0.25) is 0 Å². The Hall–Kier alpha value is -0.740. The highest BCUT2D eigenvalue weighted by Gasteiger charge is 2.10. The van der Waals surface area contributed by atoms with Crippen LogP contribution in [0.5, 0.6) is 0 Å². The fourth-order valence-corrected chi connectivity index (χ4v) is 3.43. The molecule has 90 valence electrons. The number of benzene rings is 1. The molecular formula is C13H15BrN2S. The quantitative estimate of drug-likeness (QED) is 0.795. The van der Waals surface area contributed by atoms with E-state index in [0.717, 1.165) is 15.9 Å². The van der Waals surface area contributed by atoms with Crippen LogP contribution in [0.4, 0.5) is 0 Å². The molecule has 0 unspecified atom stereocenters. The second kappa shape index (κ2) is 5.27. The fraction of sp³-hybridized carbons (Fsp3) is 0.308. The van der Waals surface area contributed by atoms with Crippen LogP contribution in [0.15, 0.2) is 33.6 Å². The molecule has 0 atom stereocenters. The van der Waals surface area contributed by atoms with Gasteiger partial charge in [0.25, 0.3) is 0 Å². The second-order valence-electron chi connectivity index (χ2n) is 4.07.